The van der Waals surface area contributed by atoms with E-state index in [1.54, 1.807) is 7.11 Å². The van der Waals surface area contributed by atoms with Gasteiger partial charge in [0.1, 0.15) is 5.75 Å². The van der Waals surface area contributed by atoms with Gasteiger partial charge >= 0.3 is 0 Å². The molecule has 0 N–H and O–H groups in total. The van der Waals surface area contributed by atoms with Crippen molar-refractivity contribution in [2.75, 3.05) is 7.11 Å². The third kappa shape index (κ3) is 1.63. The SMILES string of the molecule is COc1ccc(C)c(CBr)c1C. The van der Waals surface area contributed by atoms with Gasteiger partial charge in [-0.25, -0.2) is 0 Å². The molecular formula is C10H13BrO. The standard InChI is InChI=1S/C10H13BrO/c1-7-4-5-10(12-3)8(2)9(7)6-11/h4-5H,6H2,1-3H3. The van der Waals surface area contributed by atoms with Gasteiger partial charge in [-0.1, -0.05) is 22.0 Å². The zero-order chi connectivity index (χ0) is 9.14. The molecule has 0 aromatic heterocycles. The second-order valence-electron chi connectivity index (χ2n) is 2.82. The summed E-state index contributed by atoms with van der Waals surface area (Å²) in [7, 11) is 1.70. The minimum atomic E-state index is 0.891. The molecule has 0 aliphatic rings. The molecule has 1 rings (SSSR count). The molecule has 1 nitrogen and oxygen atoms in total. The van der Waals surface area contributed by atoms with E-state index in [9.17, 15) is 0 Å². The average molecular weight is 229 g/mol. The lowest BCUT2D eigenvalue weighted by atomic mass is 10.0. The van der Waals surface area contributed by atoms with Crippen LogP contribution in [0.3, 0.4) is 0 Å². The van der Waals surface area contributed by atoms with Crippen molar-refractivity contribution in [3.05, 3.63) is 28.8 Å². The Hall–Kier alpha value is -0.500. The van der Waals surface area contributed by atoms with Gasteiger partial charge in [-0.15, -0.1) is 0 Å². The molecule has 0 aliphatic heterocycles. The molecule has 0 radical (unpaired) electrons. The van der Waals surface area contributed by atoms with Crippen molar-refractivity contribution in [1.29, 1.82) is 0 Å². The molecule has 0 amide bonds. The molecule has 0 fully saturated rings. The molecule has 12 heavy (non-hydrogen) atoms. The van der Waals surface area contributed by atoms with Crippen LogP contribution >= 0.6 is 15.9 Å². The van der Waals surface area contributed by atoms with Crippen molar-refractivity contribution >= 4 is 15.9 Å². The van der Waals surface area contributed by atoms with Crippen LogP contribution in [0.2, 0.25) is 0 Å². The smallest absolute Gasteiger partial charge is 0.122 e. The third-order valence-corrected chi connectivity index (χ3v) is 2.70. The highest BCUT2D eigenvalue weighted by molar-refractivity contribution is 9.08. The summed E-state index contributed by atoms with van der Waals surface area (Å²) < 4.78 is 5.22. The average Bonchev–Trinajstić information content (AvgIpc) is 2.06. The molecule has 1 aromatic carbocycles. The maximum Gasteiger partial charge on any atom is 0.122 e. The lowest BCUT2D eigenvalue weighted by molar-refractivity contribution is 0.411. The monoisotopic (exact) mass is 228 g/mol. The molecule has 0 saturated heterocycles. The van der Waals surface area contributed by atoms with E-state index in [4.69, 9.17) is 4.74 Å². The number of ether oxygens (including phenoxy) is 1. The summed E-state index contributed by atoms with van der Waals surface area (Å²) in [5, 5.41) is 0.891. The van der Waals surface area contributed by atoms with Gasteiger partial charge in [0.25, 0.3) is 0 Å². The predicted octanol–water partition coefficient (Wildman–Crippen LogP) is 3.21. The Morgan fingerprint density at radius 1 is 1.33 bits per heavy atom. The minimum absolute atomic E-state index is 0.891. The normalized spacial score (nSPS) is 10.0. The fourth-order valence-corrected chi connectivity index (χ4v) is 2.16. The summed E-state index contributed by atoms with van der Waals surface area (Å²) in [5.41, 5.74) is 3.87. The number of alkyl halides is 1. The van der Waals surface area contributed by atoms with E-state index in [1.807, 2.05) is 6.07 Å². The first kappa shape index (κ1) is 9.59. The molecule has 0 aliphatic carbocycles. The Morgan fingerprint density at radius 2 is 2.00 bits per heavy atom. The van der Waals surface area contributed by atoms with Crippen LogP contribution < -0.4 is 4.74 Å². The highest BCUT2D eigenvalue weighted by Gasteiger charge is 2.05. The maximum absolute atomic E-state index is 5.22. The summed E-state index contributed by atoms with van der Waals surface area (Å²) in [6.45, 7) is 4.20. The van der Waals surface area contributed by atoms with Crippen molar-refractivity contribution < 1.29 is 4.74 Å². The van der Waals surface area contributed by atoms with Gasteiger partial charge < -0.3 is 4.74 Å². The van der Waals surface area contributed by atoms with Crippen molar-refractivity contribution in [3.8, 4) is 5.75 Å². The molecule has 2 heteroatoms. The first-order valence-electron chi connectivity index (χ1n) is 3.89. The summed E-state index contributed by atoms with van der Waals surface area (Å²) in [6, 6.07) is 4.10. The Bertz CT molecular complexity index is 281. The number of benzene rings is 1. The summed E-state index contributed by atoms with van der Waals surface area (Å²) in [6.07, 6.45) is 0. The second kappa shape index (κ2) is 3.94. The van der Waals surface area contributed by atoms with Gasteiger partial charge in [0.15, 0.2) is 0 Å². The van der Waals surface area contributed by atoms with Crippen LogP contribution in [0.5, 0.6) is 5.75 Å². The fourth-order valence-electron chi connectivity index (χ4n) is 1.30. The molecule has 1 aromatic rings. The zero-order valence-electron chi connectivity index (χ0n) is 7.65. The number of hydrogen-bond donors (Lipinski definition) is 0. The number of hydrogen-bond acceptors (Lipinski definition) is 1. The molecule has 0 saturated carbocycles. The van der Waals surface area contributed by atoms with Crippen LogP contribution in [-0.4, -0.2) is 7.11 Å². The number of methoxy groups -OCH3 is 1. The van der Waals surface area contributed by atoms with Crippen LogP contribution in [0.25, 0.3) is 0 Å². The Balaban J connectivity index is 3.24. The second-order valence-corrected chi connectivity index (χ2v) is 3.38. The summed E-state index contributed by atoms with van der Waals surface area (Å²) >= 11 is 3.47. The van der Waals surface area contributed by atoms with E-state index >= 15 is 0 Å². The lowest BCUT2D eigenvalue weighted by Gasteiger charge is -2.10. The Kier molecular flexibility index (Phi) is 3.15. The molecule has 0 spiro atoms. The van der Waals surface area contributed by atoms with E-state index in [-0.39, 0.29) is 0 Å². The number of halogens is 1. The van der Waals surface area contributed by atoms with E-state index < -0.39 is 0 Å². The van der Waals surface area contributed by atoms with Crippen molar-refractivity contribution in [2.24, 2.45) is 0 Å². The largest absolute Gasteiger partial charge is 0.496 e. The van der Waals surface area contributed by atoms with Gasteiger partial charge in [-0.05, 0) is 36.6 Å². The zero-order valence-corrected chi connectivity index (χ0v) is 9.23. The Labute approximate surface area is 81.9 Å². The van der Waals surface area contributed by atoms with E-state index in [2.05, 4.69) is 35.8 Å². The van der Waals surface area contributed by atoms with Crippen LogP contribution in [0.4, 0.5) is 0 Å². The van der Waals surface area contributed by atoms with Crippen LogP contribution in [-0.2, 0) is 5.33 Å². The van der Waals surface area contributed by atoms with E-state index in [0.29, 0.717) is 0 Å². The van der Waals surface area contributed by atoms with Gasteiger partial charge in [0, 0.05) is 5.33 Å². The van der Waals surface area contributed by atoms with E-state index in [0.717, 1.165) is 11.1 Å². The topological polar surface area (TPSA) is 9.23 Å². The molecule has 0 heterocycles. The molecule has 66 valence electrons. The lowest BCUT2D eigenvalue weighted by Crippen LogP contribution is -1.94. The van der Waals surface area contributed by atoms with Crippen LogP contribution in [0.1, 0.15) is 16.7 Å². The summed E-state index contributed by atoms with van der Waals surface area (Å²) in [4.78, 5) is 0. The minimum Gasteiger partial charge on any atom is -0.496 e. The van der Waals surface area contributed by atoms with Gasteiger partial charge in [0.05, 0.1) is 7.11 Å². The number of rotatable bonds is 2. The summed E-state index contributed by atoms with van der Waals surface area (Å²) in [5.74, 6) is 0.968. The highest BCUT2D eigenvalue weighted by Crippen LogP contribution is 2.25. The van der Waals surface area contributed by atoms with Crippen molar-refractivity contribution in [1.82, 2.24) is 0 Å². The maximum atomic E-state index is 5.22. The van der Waals surface area contributed by atoms with Crippen LogP contribution in [0.15, 0.2) is 12.1 Å². The van der Waals surface area contributed by atoms with Crippen LogP contribution in [0, 0.1) is 13.8 Å². The quantitative estimate of drug-likeness (QED) is 0.707. The van der Waals surface area contributed by atoms with Crippen molar-refractivity contribution in [2.45, 2.75) is 19.2 Å². The predicted molar refractivity (Wildman–Crippen MR) is 55.1 cm³/mol. The molecule has 0 unspecified atom stereocenters. The first-order chi connectivity index (χ1) is 5.70. The third-order valence-electron chi connectivity index (χ3n) is 2.14. The highest BCUT2D eigenvalue weighted by atomic mass is 79.9. The molecule has 0 bridgehead atoms. The Morgan fingerprint density at radius 3 is 2.50 bits per heavy atom. The first-order valence-corrected chi connectivity index (χ1v) is 5.02. The van der Waals surface area contributed by atoms with Gasteiger partial charge in [0.2, 0.25) is 0 Å². The fraction of sp³-hybridized carbons (Fsp3) is 0.400. The van der Waals surface area contributed by atoms with Gasteiger partial charge in [-0.3, -0.25) is 0 Å². The molecule has 0 atom stereocenters. The van der Waals surface area contributed by atoms with Gasteiger partial charge in [-0.2, -0.15) is 0 Å². The van der Waals surface area contributed by atoms with E-state index in [1.165, 1.54) is 16.7 Å². The number of aryl methyl sites for hydroxylation is 1. The molecular weight excluding hydrogens is 216 g/mol. The van der Waals surface area contributed by atoms with Crippen molar-refractivity contribution in [3.63, 3.8) is 0 Å².